The summed E-state index contributed by atoms with van der Waals surface area (Å²) in [5.41, 5.74) is 0.0259. The maximum atomic E-state index is 12.9. The number of carbonyl (C=O) groups is 1. The van der Waals surface area contributed by atoms with Gasteiger partial charge in [0.2, 0.25) is 0 Å². The monoisotopic (exact) mass is 391 g/mol. The average molecular weight is 391 g/mol. The number of ether oxygens (including phenoxy) is 1. The molecule has 1 N–H and O–H groups in total. The van der Waals surface area contributed by atoms with Crippen molar-refractivity contribution in [2.45, 2.75) is 26.2 Å². The van der Waals surface area contributed by atoms with Crippen LogP contribution in [0, 0.1) is 13.8 Å². The lowest BCUT2D eigenvalue weighted by Gasteiger charge is -2.16. The van der Waals surface area contributed by atoms with Gasteiger partial charge in [0.05, 0.1) is 11.3 Å². The highest BCUT2D eigenvalue weighted by Gasteiger charge is 2.33. The average Bonchev–Trinajstić information content (AvgIpc) is 2.50. The predicted molar refractivity (Wildman–Crippen MR) is 86.9 cm³/mol. The third kappa shape index (κ3) is 5.90. The molecule has 0 fully saturated rings. The van der Waals surface area contributed by atoms with Crippen molar-refractivity contribution in [1.82, 2.24) is 0 Å². The molecule has 9 heteroatoms. The number of carbonyl (C=O) groups excluding carboxylic acids is 1. The summed E-state index contributed by atoms with van der Waals surface area (Å²) < 4.78 is 80.4. The van der Waals surface area contributed by atoms with Gasteiger partial charge in [0.1, 0.15) is 5.75 Å². The van der Waals surface area contributed by atoms with Crippen LogP contribution < -0.4 is 10.1 Å². The molecule has 0 aromatic heterocycles. The van der Waals surface area contributed by atoms with Crippen molar-refractivity contribution in [2.75, 3.05) is 11.9 Å². The number of anilines is 1. The van der Waals surface area contributed by atoms with E-state index in [0.29, 0.717) is 12.1 Å². The van der Waals surface area contributed by atoms with Crippen LogP contribution in [0.15, 0.2) is 36.4 Å². The van der Waals surface area contributed by atoms with E-state index in [0.717, 1.165) is 17.2 Å². The first kappa shape index (κ1) is 20.6. The fourth-order valence-electron chi connectivity index (χ4n) is 2.39. The van der Waals surface area contributed by atoms with E-state index in [-0.39, 0.29) is 5.56 Å². The van der Waals surface area contributed by atoms with Gasteiger partial charge in [0, 0.05) is 5.56 Å². The molecule has 1 amide bonds. The summed E-state index contributed by atoms with van der Waals surface area (Å²) in [6, 6.07) is 6.66. The van der Waals surface area contributed by atoms with Gasteiger partial charge in [0.25, 0.3) is 5.91 Å². The number of amides is 1. The van der Waals surface area contributed by atoms with Crippen molar-refractivity contribution in [1.29, 1.82) is 0 Å². The molecule has 0 saturated carbocycles. The number of hydrogen-bond acceptors (Lipinski definition) is 2. The third-order valence-electron chi connectivity index (χ3n) is 3.43. The van der Waals surface area contributed by atoms with Crippen LogP contribution in [0.4, 0.5) is 32.0 Å². The van der Waals surface area contributed by atoms with Crippen molar-refractivity contribution < 1.29 is 35.9 Å². The van der Waals surface area contributed by atoms with Crippen molar-refractivity contribution in [3.8, 4) is 5.75 Å². The van der Waals surface area contributed by atoms with Gasteiger partial charge in [0.15, 0.2) is 6.61 Å². The van der Waals surface area contributed by atoms with Crippen molar-refractivity contribution in [3.63, 3.8) is 0 Å². The summed E-state index contributed by atoms with van der Waals surface area (Å²) in [4.78, 5) is 12.4. The molecule has 0 radical (unpaired) electrons. The maximum Gasteiger partial charge on any atom is 0.422 e. The molecule has 0 unspecified atom stereocenters. The first-order chi connectivity index (χ1) is 12.3. The smallest absolute Gasteiger partial charge is 0.422 e. The fourth-order valence-corrected chi connectivity index (χ4v) is 2.39. The molecule has 0 heterocycles. The van der Waals surface area contributed by atoms with Crippen LogP contribution in [0.1, 0.15) is 27.0 Å². The minimum atomic E-state index is -4.73. The molecule has 0 bridgehead atoms. The van der Waals surface area contributed by atoms with E-state index in [2.05, 4.69) is 10.1 Å². The van der Waals surface area contributed by atoms with E-state index in [1.807, 2.05) is 0 Å². The molecule has 2 rings (SSSR count). The van der Waals surface area contributed by atoms with Gasteiger partial charge in [-0.3, -0.25) is 4.79 Å². The Morgan fingerprint density at radius 3 is 2.07 bits per heavy atom. The summed E-state index contributed by atoms with van der Waals surface area (Å²) in [5, 5.41) is 2.20. The molecule has 0 aliphatic carbocycles. The number of alkyl halides is 6. The maximum absolute atomic E-state index is 12.9. The number of aryl methyl sites for hydroxylation is 2. The van der Waals surface area contributed by atoms with Crippen LogP contribution in [0.5, 0.6) is 5.75 Å². The molecule has 2 aromatic carbocycles. The zero-order chi connectivity index (χ0) is 20.4. The fraction of sp³-hybridized carbons (Fsp3) is 0.278. The van der Waals surface area contributed by atoms with E-state index in [9.17, 15) is 31.1 Å². The molecule has 3 nitrogen and oxygen atoms in total. The van der Waals surface area contributed by atoms with Crippen LogP contribution in [0.25, 0.3) is 0 Å². The lowest BCUT2D eigenvalue weighted by molar-refractivity contribution is -0.153. The summed E-state index contributed by atoms with van der Waals surface area (Å²) >= 11 is 0. The molecule has 0 spiro atoms. The lowest BCUT2D eigenvalue weighted by atomic mass is 10.1. The lowest BCUT2D eigenvalue weighted by Crippen LogP contribution is -2.21. The Labute approximate surface area is 150 Å². The Hall–Kier alpha value is -2.71. The van der Waals surface area contributed by atoms with Gasteiger partial charge in [-0.15, -0.1) is 0 Å². The molecule has 0 saturated heterocycles. The van der Waals surface area contributed by atoms with Crippen LogP contribution in [-0.2, 0) is 6.18 Å². The summed E-state index contributed by atoms with van der Waals surface area (Å²) in [5.74, 6) is -1.28. The minimum Gasteiger partial charge on any atom is -0.482 e. The van der Waals surface area contributed by atoms with E-state index < -0.39 is 41.9 Å². The normalized spacial score (nSPS) is 12.0. The predicted octanol–water partition coefficient (Wildman–Crippen LogP) is 5.52. The number of benzene rings is 2. The molecule has 27 heavy (non-hydrogen) atoms. The third-order valence-corrected chi connectivity index (χ3v) is 3.43. The topological polar surface area (TPSA) is 38.3 Å². The minimum absolute atomic E-state index is 0.159. The van der Waals surface area contributed by atoms with Crippen molar-refractivity contribution >= 4 is 11.6 Å². The first-order valence-corrected chi connectivity index (χ1v) is 7.65. The second-order valence-electron chi connectivity index (χ2n) is 5.94. The Morgan fingerprint density at radius 1 is 0.963 bits per heavy atom. The SMILES string of the molecule is Cc1cc(C)cc(C(=O)Nc2cc(C(F)(F)F)ccc2OCC(F)(F)F)c1. The molecule has 0 atom stereocenters. The molecule has 0 aliphatic heterocycles. The zero-order valence-corrected chi connectivity index (χ0v) is 14.3. The Balaban J connectivity index is 2.37. The van der Waals surface area contributed by atoms with Gasteiger partial charge in [-0.25, -0.2) is 0 Å². The summed E-state index contributed by atoms with van der Waals surface area (Å²) in [6.45, 7) is 1.75. The Bertz CT molecular complexity index is 822. The largest absolute Gasteiger partial charge is 0.482 e. The number of rotatable bonds is 4. The van der Waals surface area contributed by atoms with Gasteiger partial charge in [-0.2, -0.15) is 26.3 Å². The highest BCUT2D eigenvalue weighted by molar-refractivity contribution is 6.05. The standard InChI is InChI=1S/C18H15F6NO2/c1-10-5-11(2)7-12(6-10)16(26)25-14-8-13(18(22,23)24)3-4-15(14)27-9-17(19,20)21/h3-8H,9H2,1-2H3,(H,25,26). The zero-order valence-electron chi connectivity index (χ0n) is 14.3. The van der Waals surface area contributed by atoms with E-state index >= 15 is 0 Å². The van der Waals surface area contributed by atoms with Gasteiger partial charge >= 0.3 is 12.4 Å². The molecule has 0 aliphatic rings. The molecule has 2 aromatic rings. The van der Waals surface area contributed by atoms with E-state index in [4.69, 9.17) is 0 Å². The number of hydrogen-bond donors (Lipinski definition) is 1. The van der Waals surface area contributed by atoms with Crippen LogP contribution in [0.3, 0.4) is 0 Å². The van der Waals surface area contributed by atoms with Crippen LogP contribution in [-0.4, -0.2) is 18.7 Å². The number of nitrogens with one attached hydrogen (secondary N) is 1. The van der Waals surface area contributed by atoms with E-state index in [1.54, 1.807) is 19.9 Å². The second kappa shape index (κ2) is 7.50. The Kier molecular flexibility index (Phi) is 5.72. The Morgan fingerprint density at radius 2 is 1.56 bits per heavy atom. The van der Waals surface area contributed by atoms with Gasteiger partial charge in [-0.05, 0) is 44.2 Å². The molecular formula is C18H15F6NO2. The highest BCUT2D eigenvalue weighted by Crippen LogP contribution is 2.36. The van der Waals surface area contributed by atoms with Crippen LogP contribution in [0.2, 0.25) is 0 Å². The summed E-state index contributed by atoms with van der Waals surface area (Å²) in [6.07, 6.45) is -9.42. The molecule has 146 valence electrons. The van der Waals surface area contributed by atoms with Crippen molar-refractivity contribution in [3.05, 3.63) is 58.7 Å². The quantitative estimate of drug-likeness (QED) is 0.698. The van der Waals surface area contributed by atoms with E-state index in [1.165, 1.54) is 12.1 Å². The van der Waals surface area contributed by atoms with Gasteiger partial charge < -0.3 is 10.1 Å². The highest BCUT2D eigenvalue weighted by atomic mass is 19.4. The number of halogens is 6. The summed E-state index contributed by atoms with van der Waals surface area (Å²) in [7, 11) is 0. The van der Waals surface area contributed by atoms with Crippen LogP contribution >= 0.6 is 0 Å². The van der Waals surface area contributed by atoms with Crippen molar-refractivity contribution in [2.24, 2.45) is 0 Å². The second-order valence-corrected chi connectivity index (χ2v) is 5.94. The van der Waals surface area contributed by atoms with Gasteiger partial charge in [-0.1, -0.05) is 17.2 Å². The first-order valence-electron chi connectivity index (χ1n) is 7.65. The molecular weight excluding hydrogens is 376 g/mol.